The van der Waals surface area contributed by atoms with Crippen molar-refractivity contribution in [1.29, 1.82) is 0 Å². The zero-order chi connectivity index (χ0) is 17.3. The van der Waals surface area contributed by atoms with Crippen molar-refractivity contribution >= 4 is 22.0 Å². The first-order valence-electron chi connectivity index (χ1n) is 8.16. The number of hydrogen-bond donors (Lipinski definition) is 0. The van der Waals surface area contributed by atoms with Crippen molar-refractivity contribution in [2.24, 2.45) is 0 Å². The van der Waals surface area contributed by atoms with Crippen molar-refractivity contribution in [3.63, 3.8) is 0 Å². The van der Waals surface area contributed by atoms with Gasteiger partial charge in [-0.15, -0.1) is 0 Å². The first-order chi connectivity index (χ1) is 10.5. The Morgan fingerprint density at radius 3 is 2.41 bits per heavy atom. The minimum Gasteiger partial charge on any atom is -0.450 e. The quantitative estimate of drug-likeness (QED) is 0.624. The van der Waals surface area contributed by atoms with Crippen LogP contribution in [-0.2, 0) is 17.7 Å². The van der Waals surface area contributed by atoms with Crippen LogP contribution in [0.4, 0.5) is 4.79 Å². The van der Waals surface area contributed by atoms with Crippen LogP contribution in [-0.4, -0.2) is 23.1 Å². The topological polar surface area (TPSA) is 29.5 Å². The maximum atomic E-state index is 12.0. The number of carbonyl (C=O) groups is 1. The molecule has 0 atom stereocenters. The highest BCUT2D eigenvalue weighted by Crippen LogP contribution is 2.34. The normalized spacial score (nSPS) is 14.6. The van der Waals surface area contributed by atoms with Gasteiger partial charge in [0.25, 0.3) is 0 Å². The molecule has 1 aromatic rings. The van der Waals surface area contributed by atoms with Crippen molar-refractivity contribution in [2.45, 2.75) is 67.0 Å². The van der Waals surface area contributed by atoms with Crippen LogP contribution in [0.2, 0.25) is 0 Å². The Kier molecular flexibility index (Phi) is 9.42. The van der Waals surface area contributed by atoms with Gasteiger partial charge in [-0.2, -0.15) is 0 Å². The predicted octanol–water partition coefficient (Wildman–Crippen LogP) is 5.79. The standard InChI is InChI=1S/C14H18BrNO2.2C2H6/c1-4-18-13(17)16-9-10-6-5-7-12(15)11(10)8-14(16,2)3;2*1-2/h5-7H,4,8-9H2,1-3H3;2*1-2H3. The second-order valence-corrected chi connectivity index (χ2v) is 6.01. The minimum atomic E-state index is -0.229. The van der Waals surface area contributed by atoms with E-state index in [2.05, 4.69) is 41.9 Å². The van der Waals surface area contributed by atoms with E-state index >= 15 is 0 Å². The molecular formula is C18H30BrNO2. The fourth-order valence-electron chi connectivity index (χ4n) is 2.37. The fraction of sp³-hybridized carbons (Fsp3) is 0.611. The summed E-state index contributed by atoms with van der Waals surface area (Å²) in [6.07, 6.45) is 0.607. The molecular weight excluding hydrogens is 342 g/mol. The fourth-order valence-corrected chi connectivity index (χ4v) is 2.92. The number of benzene rings is 1. The zero-order valence-electron chi connectivity index (χ0n) is 15.0. The van der Waals surface area contributed by atoms with Gasteiger partial charge in [-0.1, -0.05) is 55.8 Å². The monoisotopic (exact) mass is 371 g/mol. The van der Waals surface area contributed by atoms with E-state index in [9.17, 15) is 4.79 Å². The molecule has 1 aliphatic heterocycles. The number of hydrogen-bond acceptors (Lipinski definition) is 2. The summed E-state index contributed by atoms with van der Waals surface area (Å²) in [6, 6.07) is 6.13. The maximum Gasteiger partial charge on any atom is 0.410 e. The lowest BCUT2D eigenvalue weighted by atomic mass is 9.86. The molecule has 126 valence electrons. The van der Waals surface area contributed by atoms with Crippen LogP contribution in [0.15, 0.2) is 22.7 Å². The first-order valence-corrected chi connectivity index (χ1v) is 8.95. The third-order valence-electron chi connectivity index (χ3n) is 3.37. The Labute approximate surface area is 144 Å². The highest BCUT2D eigenvalue weighted by atomic mass is 79.9. The Morgan fingerprint density at radius 1 is 1.27 bits per heavy atom. The number of nitrogens with zero attached hydrogens (tertiary/aromatic N) is 1. The van der Waals surface area contributed by atoms with E-state index in [4.69, 9.17) is 4.74 Å². The van der Waals surface area contributed by atoms with Crippen LogP contribution in [0.25, 0.3) is 0 Å². The van der Waals surface area contributed by atoms with Crippen molar-refractivity contribution < 1.29 is 9.53 Å². The van der Waals surface area contributed by atoms with Gasteiger partial charge in [-0.3, -0.25) is 4.90 Å². The smallest absolute Gasteiger partial charge is 0.410 e. The van der Waals surface area contributed by atoms with Gasteiger partial charge in [-0.05, 0) is 44.4 Å². The van der Waals surface area contributed by atoms with Gasteiger partial charge in [0.2, 0.25) is 0 Å². The summed E-state index contributed by atoms with van der Waals surface area (Å²) in [5.41, 5.74) is 2.27. The molecule has 0 spiro atoms. The summed E-state index contributed by atoms with van der Waals surface area (Å²) in [5.74, 6) is 0. The third-order valence-corrected chi connectivity index (χ3v) is 4.12. The SMILES string of the molecule is CC.CC.CCOC(=O)N1Cc2cccc(Br)c2CC1(C)C. The average Bonchev–Trinajstić information content (AvgIpc) is 2.51. The van der Waals surface area contributed by atoms with E-state index in [0.29, 0.717) is 13.2 Å². The van der Waals surface area contributed by atoms with E-state index < -0.39 is 0 Å². The number of carbonyl (C=O) groups excluding carboxylic acids is 1. The molecule has 1 heterocycles. The summed E-state index contributed by atoms with van der Waals surface area (Å²) in [4.78, 5) is 13.8. The number of ether oxygens (including phenoxy) is 1. The van der Waals surface area contributed by atoms with Gasteiger partial charge in [0.05, 0.1) is 6.61 Å². The molecule has 4 heteroatoms. The summed E-state index contributed by atoms with van der Waals surface area (Å²) in [7, 11) is 0. The second-order valence-electron chi connectivity index (χ2n) is 5.15. The molecule has 0 radical (unpaired) electrons. The molecule has 2 rings (SSSR count). The Morgan fingerprint density at radius 2 is 1.86 bits per heavy atom. The molecule has 0 fully saturated rings. The maximum absolute atomic E-state index is 12.0. The second kappa shape index (κ2) is 9.88. The zero-order valence-corrected chi connectivity index (χ0v) is 16.6. The Hall–Kier alpha value is -1.03. The molecule has 0 saturated heterocycles. The molecule has 1 aromatic carbocycles. The number of fused-ring (bicyclic) bond motifs is 1. The van der Waals surface area contributed by atoms with Crippen LogP contribution >= 0.6 is 15.9 Å². The van der Waals surface area contributed by atoms with Crippen LogP contribution in [0, 0.1) is 0 Å². The number of amides is 1. The van der Waals surface area contributed by atoms with Crippen LogP contribution in [0.1, 0.15) is 59.6 Å². The Balaban J connectivity index is 0.00000102. The number of rotatable bonds is 1. The molecule has 0 unspecified atom stereocenters. The third kappa shape index (κ3) is 5.01. The van der Waals surface area contributed by atoms with E-state index in [1.54, 1.807) is 0 Å². The molecule has 0 aromatic heterocycles. The van der Waals surface area contributed by atoms with Gasteiger partial charge in [0.15, 0.2) is 0 Å². The lowest BCUT2D eigenvalue weighted by Crippen LogP contribution is -2.51. The largest absolute Gasteiger partial charge is 0.450 e. The van der Waals surface area contributed by atoms with E-state index in [1.807, 2.05) is 45.6 Å². The van der Waals surface area contributed by atoms with Crippen molar-refractivity contribution in [3.8, 4) is 0 Å². The molecule has 3 nitrogen and oxygen atoms in total. The van der Waals surface area contributed by atoms with Crippen LogP contribution in [0.3, 0.4) is 0 Å². The van der Waals surface area contributed by atoms with Crippen molar-refractivity contribution in [3.05, 3.63) is 33.8 Å². The average molecular weight is 372 g/mol. The molecule has 0 bridgehead atoms. The van der Waals surface area contributed by atoms with Crippen LogP contribution in [0.5, 0.6) is 0 Å². The van der Waals surface area contributed by atoms with Crippen molar-refractivity contribution in [2.75, 3.05) is 6.61 Å². The highest BCUT2D eigenvalue weighted by Gasteiger charge is 2.37. The summed E-state index contributed by atoms with van der Waals surface area (Å²) in [5, 5.41) is 0. The molecule has 0 N–H and O–H groups in total. The van der Waals surface area contributed by atoms with Crippen LogP contribution < -0.4 is 0 Å². The molecule has 0 aliphatic carbocycles. The summed E-state index contributed by atoms with van der Waals surface area (Å²) in [6.45, 7) is 15.0. The molecule has 1 amide bonds. The highest BCUT2D eigenvalue weighted by molar-refractivity contribution is 9.10. The van der Waals surface area contributed by atoms with Gasteiger partial charge >= 0.3 is 6.09 Å². The summed E-state index contributed by atoms with van der Waals surface area (Å²) < 4.78 is 6.26. The molecule has 22 heavy (non-hydrogen) atoms. The van der Waals surface area contributed by atoms with Gasteiger partial charge in [0, 0.05) is 16.6 Å². The van der Waals surface area contributed by atoms with E-state index in [-0.39, 0.29) is 11.6 Å². The lowest BCUT2D eigenvalue weighted by Gasteiger charge is -2.42. The molecule has 0 saturated carbocycles. The van der Waals surface area contributed by atoms with E-state index in [0.717, 1.165) is 10.9 Å². The first kappa shape index (κ1) is 21.0. The van der Waals surface area contributed by atoms with Gasteiger partial charge in [-0.25, -0.2) is 4.79 Å². The van der Waals surface area contributed by atoms with Crippen molar-refractivity contribution in [1.82, 2.24) is 4.90 Å². The predicted molar refractivity (Wildman–Crippen MR) is 97.2 cm³/mol. The number of halogens is 1. The van der Waals surface area contributed by atoms with Gasteiger partial charge in [0.1, 0.15) is 0 Å². The Bertz CT molecular complexity index is 472. The lowest BCUT2D eigenvalue weighted by molar-refractivity contribution is 0.0548. The van der Waals surface area contributed by atoms with Gasteiger partial charge < -0.3 is 4.74 Å². The minimum absolute atomic E-state index is 0.219. The summed E-state index contributed by atoms with van der Waals surface area (Å²) >= 11 is 3.59. The molecule has 1 aliphatic rings. The van der Waals surface area contributed by atoms with E-state index in [1.165, 1.54) is 11.1 Å².